The Morgan fingerprint density at radius 1 is 0.657 bits per heavy atom. The van der Waals surface area contributed by atoms with Crippen molar-refractivity contribution in [1.29, 1.82) is 0 Å². The fourth-order valence-corrected chi connectivity index (χ4v) is 3.93. The van der Waals surface area contributed by atoms with Crippen LogP contribution in [0.5, 0.6) is 11.5 Å². The molecule has 0 amide bonds. The predicted molar refractivity (Wildman–Crippen MR) is 125 cm³/mol. The van der Waals surface area contributed by atoms with Crippen LogP contribution in [0.1, 0.15) is 25.0 Å². The van der Waals surface area contributed by atoms with Gasteiger partial charge in [-0.05, 0) is 35.4 Å². The summed E-state index contributed by atoms with van der Waals surface area (Å²) in [6, 6.07) is 16.4. The minimum Gasteiger partial charge on any atom is -0.462 e. The summed E-state index contributed by atoms with van der Waals surface area (Å²) in [5.41, 5.74) is 2.17. The summed E-state index contributed by atoms with van der Waals surface area (Å²) in [4.78, 5) is 0. The monoisotopic (exact) mass is 484 g/mol. The van der Waals surface area contributed by atoms with Gasteiger partial charge in [-0.3, -0.25) is 0 Å². The van der Waals surface area contributed by atoms with Gasteiger partial charge in [0.2, 0.25) is 12.6 Å². The summed E-state index contributed by atoms with van der Waals surface area (Å²) in [5, 5.41) is 0. The molecule has 0 N–H and O–H groups in total. The highest BCUT2D eigenvalue weighted by atomic mass is 16.7. The molecule has 0 bridgehead atoms. The van der Waals surface area contributed by atoms with Gasteiger partial charge in [0.05, 0.1) is 39.6 Å². The lowest BCUT2D eigenvalue weighted by molar-refractivity contribution is -0.0978. The second-order valence-corrected chi connectivity index (χ2v) is 9.97. The van der Waals surface area contributed by atoms with Gasteiger partial charge in [0.25, 0.3) is 0 Å². The van der Waals surface area contributed by atoms with E-state index in [1.165, 1.54) is 11.1 Å². The van der Waals surface area contributed by atoms with Gasteiger partial charge in [0.15, 0.2) is 0 Å². The number of hydrogen-bond acceptors (Lipinski definition) is 8. The molecule has 8 heteroatoms. The molecule has 0 aliphatic carbocycles. The van der Waals surface area contributed by atoms with Crippen LogP contribution in [-0.2, 0) is 33.8 Å². The van der Waals surface area contributed by atoms with Crippen molar-refractivity contribution in [2.24, 2.45) is 0 Å². The third kappa shape index (κ3) is 6.14. The molecule has 188 valence electrons. The Bertz CT molecular complexity index is 896. The maximum absolute atomic E-state index is 6.06. The number of benzene rings is 2. The lowest BCUT2D eigenvalue weighted by Crippen LogP contribution is -2.28. The van der Waals surface area contributed by atoms with Crippen LogP contribution >= 0.6 is 0 Å². The first kappa shape index (κ1) is 23.2. The number of rotatable bonds is 14. The van der Waals surface area contributed by atoms with Crippen molar-refractivity contribution in [2.45, 2.75) is 56.3 Å². The highest BCUT2D eigenvalue weighted by Gasteiger charge is 2.38. The average Bonchev–Trinajstić information content (AvgIpc) is 3.72. The molecule has 6 atom stereocenters. The van der Waals surface area contributed by atoms with E-state index >= 15 is 0 Å². The zero-order chi connectivity index (χ0) is 23.8. The van der Waals surface area contributed by atoms with E-state index in [0.717, 1.165) is 24.7 Å². The molecule has 2 aromatic carbocycles. The van der Waals surface area contributed by atoms with Crippen molar-refractivity contribution in [1.82, 2.24) is 0 Å². The molecule has 4 aliphatic heterocycles. The Balaban J connectivity index is 1.07. The summed E-state index contributed by atoms with van der Waals surface area (Å²) >= 11 is 0. The molecule has 0 aromatic heterocycles. The fourth-order valence-electron chi connectivity index (χ4n) is 3.93. The van der Waals surface area contributed by atoms with Crippen molar-refractivity contribution in [2.75, 3.05) is 39.6 Å². The van der Waals surface area contributed by atoms with Gasteiger partial charge in [-0.1, -0.05) is 38.1 Å². The number of ether oxygens (including phenoxy) is 8. The minimum atomic E-state index is -0.406. The molecule has 0 saturated carbocycles. The zero-order valence-electron chi connectivity index (χ0n) is 20.1. The second-order valence-electron chi connectivity index (χ2n) is 9.97. The molecular weight excluding hydrogens is 452 g/mol. The van der Waals surface area contributed by atoms with Crippen molar-refractivity contribution in [3.8, 4) is 11.5 Å². The van der Waals surface area contributed by atoms with E-state index in [9.17, 15) is 0 Å². The number of epoxide rings is 4. The van der Waals surface area contributed by atoms with Gasteiger partial charge in [0, 0.05) is 5.41 Å². The minimum absolute atomic E-state index is 0.0101. The van der Waals surface area contributed by atoms with Crippen LogP contribution in [0.3, 0.4) is 0 Å². The lowest BCUT2D eigenvalue weighted by atomic mass is 9.78. The van der Waals surface area contributed by atoms with Gasteiger partial charge < -0.3 is 37.9 Å². The van der Waals surface area contributed by atoms with Gasteiger partial charge in [0.1, 0.15) is 35.9 Å². The first-order valence-corrected chi connectivity index (χ1v) is 12.3. The maximum atomic E-state index is 6.06. The highest BCUT2D eigenvalue weighted by Crippen LogP contribution is 2.34. The fraction of sp³-hybridized carbons (Fsp3) is 0.556. The number of hydrogen-bond donors (Lipinski definition) is 0. The molecule has 4 aliphatic rings. The van der Waals surface area contributed by atoms with Crippen molar-refractivity contribution in [3.63, 3.8) is 0 Å². The van der Waals surface area contributed by atoms with E-state index in [4.69, 9.17) is 37.9 Å². The SMILES string of the molecule is CC(C)(c1ccc(OC(OCC2CO2)C2CO2)cc1)c1ccc(OC(OCC2CO2)C2CO2)cc1. The van der Waals surface area contributed by atoms with Crippen LogP contribution in [0.25, 0.3) is 0 Å². The van der Waals surface area contributed by atoms with Crippen LogP contribution in [-0.4, -0.2) is 76.6 Å². The largest absolute Gasteiger partial charge is 0.462 e. The summed E-state index contributed by atoms with van der Waals surface area (Å²) in [6.07, 6.45) is -0.448. The van der Waals surface area contributed by atoms with Crippen molar-refractivity contribution < 1.29 is 37.9 Å². The van der Waals surface area contributed by atoms with E-state index in [1.54, 1.807) is 0 Å². The molecule has 8 nitrogen and oxygen atoms in total. The first-order chi connectivity index (χ1) is 17.0. The van der Waals surface area contributed by atoms with Crippen LogP contribution in [0.15, 0.2) is 48.5 Å². The summed E-state index contributed by atoms with van der Waals surface area (Å²) in [7, 11) is 0. The van der Waals surface area contributed by atoms with E-state index in [1.807, 2.05) is 24.3 Å². The topological polar surface area (TPSA) is 87.0 Å². The smallest absolute Gasteiger partial charge is 0.228 e. The van der Waals surface area contributed by atoms with Crippen LogP contribution in [0.2, 0.25) is 0 Å². The molecule has 35 heavy (non-hydrogen) atoms. The van der Waals surface area contributed by atoms with E-state index in [2.05, 4.69) is 38.1 Å². The third-order valence-electron chi connectivity index (χ3n) is 6.68. The Morgan fingerprint density at radius 2 is 1.03 bits per heavy atom. The van der Waals surface area contributed by atoms with Crippen LogP contribution < -0.4 is 9.47 Å². The standard InChI is InChI=1S/C27H32O8/c1-27(2,17-3-7-19(8-4-17)34-25(23-15-30-23)32-13-21-11-28-21)18-5-9-20(10-6-18)35-26(24-16-31-24)33-14-22-12-29-22/h3-10,21-26H,11-16H2,1-2H3. The predicted octanol–water partition coefficient (Wildman–Crippen LogP) is 3.05. The van der Waals surface area contributed by atoms with Gasteiger partial charge in [-0.25, -0.2) is 0 Å². The van der Waals surface area contributed by atoms with Gasteiger partial charge in [-0.2, -0.15) is 0 Å². The van der Waals surface area contributed by atoms with E-state index in [-0.39, 0.29) is 29.8 Å². The lowest BCUT2D eigenvalue weighted by Gasteiger charge is -2.27. The summed E-state index contributed by atoms with van der Waals surface area (Å²) in [5.74, 6) is 1.52. The van der Waals surface area contributed by atoms with Gasteiger partial charge in [-0.15, -0.1) is 0 Å². The molecule has 4 fully saturated rings. The third-order valence-corrected chi connectivity index (χ3v) is 6.68. The normalized spacial score (nSPS) is 28.2. The highest BCUT2D eigenvalue weighted by molar-refractivity contribution is 5.42. The Morgan fingerprint density at radius 3 is 1.34 bits per heavy atom. The molecule has 4 saturated heterocycles. The zero-order valence-corrected chi connectivity index (χ0v) is 20.1. The van der Waals surface area contributed by atoms with Gasteiger partial charge >= 0.3 is 0 Å². The molecule has 0 spiro atoms. The van der Waals surface area contributed by atoms with Crippen molar-refractivity contribution >= 4 is 0 Å². The molecule has 6 rings (SSSR count). The molecule has 4 heterocycles. The van der Waals surface area contributed by atoms with Crippen LogP contribution in [0.4, 0.5) is 0 Å². The summed E-state index contributed by atoms with van der Waals surface area (Å²) < 4.78 is 45.0. The second kappa shape index (κ2) is 9.69. The van der Waals surface area contributed by atoms with Crippen molar-refractivity contribution in [3.05, 3.63) is 59.7 Å². The Hall–Kier alpha value is -2.20. The maximum Gasteiger partial charge on any atom is 0.228 e. The Labute approximate surface area is 205 Å². The van der Waals surface area contributed by atoms with E-state index < -0.39 is 12.6 Å². The van der Waals surface area contributed by atoms with Crippen LogP contribution in [0, 0.1) is 0 Å². The Kier molecular flexibility index (Phi) is 6.43. The molecular formula is C27H32O8. The quantitative estimate of drug-likeness (QED) is 0.299. The average molecular weight is 485 g/mol. The molecule has 0 radical (unpaired) electrons. The van der Waals surface area contributed by atoms with E-state index in [0.29, 0.717) is 26.4 Å². The molecule has 2 aromatic rings. The first-order valence-electron chi connectivity index (χ1n) is 12.3. The molecule has 6 unspecified atom stereocenters. The summed E-state index contributed by atoms with van der Waals surface area (Å²) in [6.45, 7) is 8.32.